The number of rotatable bonds is 5. The van der Waals surface area contributed by atoms with Gasteiger partial charge in [0.25, 0.3) is 0 Å². The number of anilines is 1. The van der Waals surface area contributed by atoms with Gasteiger partial charge in [0.05, 0.1) is 16.2 Å². The maximum absolute atomic E-state index is 13.3. The molecule has 1 amide bonds. The minimum absolute atomic E-state index is 0.0211. The molecule has 0 bridgehead atoms. The van der Waals surface area contributed by atoms with Crippen LogP contribution in [0.1, 0.15) is 19.8 Å². The highest BCUT2D eigenvalue weighted by atomic mass is 79.9. The molecule has 1 aliphatic carbocycles. The van der Waals surface area contributed by atoms with Crippen LogP contribution in [-0.4, -0.2) is 26.4 Å². The number of carbonyl (C=O) groups excluding carboxylic acids is 1. The van der Waals surface area contributed by atoms with Crippen LogP contribution in [0.5, 0.6) is 0 Å². The fourth-order valence-corrected chi connectivity index (χ4v) is 3.52. The number of sulfonamides is 1. The summed E-state index contributed by atoms with van der Waals surface area (Å²) >= 11 is 2.91. The van der Waals surface area contributed by atoms with Gasteiger partial charge in [-0.3, -0.25) is 4.79 Å². The van der Waals surface area contributed by atoms with E-state index >= 15 is 0 Å². The molecule has 116 valence electrons. The molecule has 0 heterocycles. The second-order valence-electron chi connectivity index (χ2n) is 4.93. The summed E-state index contributed by atoms with van der Waals surface area (Å²) in [5, 5.41) is 2.70. The predicted molar refractivity (Wildman–Crippen MR) is 79.5 cm³/mol. The zero-order chi connectivity index (χ0) is 15.8. The Balaban J connectivity index is 2.17. The number of nitrogen functional groups attached to an aromatic ring is 1. The Morgan fingerprint density at radius 1 is 1.48 bits per heavy atom. The van der Waals surface area contributed by atoms with E-state index in [0.717, 1.165) is 25.0 Å². The molecule has 9 heteroatoms. The van der Waals surface area contributed by atoms with E-state index < -0.39 is 27.8 Å². The Morgan fingerprint density at radius 3 is 2.67 bits per heavy atom. The van der Waals surface area contributed by atoms with Gasteiger partial charge in [0.2, 0.25) is 15.9 Å². The molecule has 0 aromatic heterocycles. The van der Waals surface area contributed by atoms with Crippen LogP contribution in [0.2, 0.25) is 0 Å². The Bertz CT molecular complexity index is 677. The van der Waals surface area contributed by atoms with Crippen molar-refractivity contribution in [3.05, 3.63) is 22.4 Å². The molecule has 0 saturated heterocycles. The summed E-state index contributed by atoms with van der Waals surface area (Å²) in [6.45, 7) is 1.43. The first-order valence-corrected chi connectivity index (χ1v) is 8.55. The van der Waals surface area contributed by atoms with Crippen LogP contribution in [-0.2, 0) is 14.8 Å². The highest BCUT2D eigenvalue weighted by molar-refractivity contribution is 9.10. The first kappa shape index (κ1) is 16.2. The summed E-state index contributed by atoms with van der Waals surface area (Å²) in [5.74, 6) is -1.06. The maximum Gasteiger partial charge on any atom is 0.243 e. The molecule has 1 aliphatic rings. The number of nitrogens with two attached hydrogens (primary N) is 1. The molecule has 0 spiro atoms. The van der Waals surface area contributed by atoms with Crippen molar-refractivity contribution in [1.82, 2.24) is 10.0 Å². The van der Waals surface area contributed by atoms with Gasteiger partial charge < -0.3 is 11.1 Å². The van der Waals surface area contributed by atoms with Crippen LogP contribution < -0.4 is 15.8 Å². The van der Waals surface area contributed by atoms with E-state index in [9.17, 15) is 17.6 Å². The topological polar surface area (TPSA) is 101 Å². The normalized spacial score (nSPS) is 16.5. The second-order valence-corrected chi connectivity index (χ2v) is 7.47. The van der Waals surface area contributed by atoms with Crippen LogP contribution in [0.25, 0.3) is 0 Å². The third-order valence-corrected chi connectivity index (χ3v) is 5.20. The summed E-state index contributed by atoms with van der Waals surface area (Å²) in [4.78, 5) is 11.5. The van der Waals surface area contributed by atoms with Gasteiger partial charge in [0.1, 0.15) is 10.7 Å². The minimum atomic E-state index is -4.02. The average molecular weight is 380 g/mol. The molecule has 1 atom stereocenters. The third kappa shape index (κ3) is 3.92. The first-order valence-electron chi connectivity index (χ1n) is 6.28. The average Bonchev–Trinajstić information content (AvgIpc) is 3.16. The number of amides is 1. The molecule has 1 saturated carbocycles. The van der Waals surface area contributed by atoms with E-state index in [1.54, 1.807) is 0 Å². The van der Waals surface area contributed by atoms with Crippen molar-refractivity contribution in [2.24, 2.45) is 0 Å². The highest BCUT2D eigenvalue weighted by Gasteiger charge is 2.29. The summed E-state index contributed by atoms with van der Waals surface area (Å²) in [6.07, 6.45) is 1.81. The van der Waals surface area contributed by atoms with Crippen molar-refractivity contribution in [3.8, 4) is 0 Å². The van der Waals surface area contributed by atoms with Gasteiger partial charge in [0.15, 0.2) is 0 Å². The van der Waals surface area contributed by atoms with Crippen molar-refractivity contribution in [2.45, 2.75) is 36.7 Å². The molecule has 1 unspecified atom stereocenters. The maximum atomic E-state index is 13.3. The van der Waals surface area contributed by atoms with Crippen molar-refractivity contribution in [2.75, 3.05) is 5.73 Å². The van der Waals surface area contributed by atoms with E-state index in [1.165, 1.54) is 6.92 Å². The quantitative estimate of drug-likeness (QED) is 0.667. The molecular formula is C12H15BrFN3O3S. The zero-order valence-corrected chi connectivity index (χ0v) is 13.6. The molecule has 1 aromatic rings. The van der Waals surface area contributed by atoms with Gasteiger partial charge in [-0.25, -0.2) is 12.8 Å². The lowest BCUT2D eigenvalue weighted by Crippen LogP contribution is -2.45. The van der Waals surface area contributed by atoms with Crippen molar-refractivity contribution >= 4 is 37.5 Å². The van der Waals surface area contributed by atoms with Crippen LogP contribution in [0.15, 0.2) is 21.5 Å². The number of nitrogens with one attached hydrogen (secondary N) is 2. The highest BCUT2D eigenvalue weighted by Crippen LogP contribution is 2.26. The number of hydrogen-bond donors (Lipinski definition) is 3. The van der Waals surface area contributed by atoms with Gasteiger partial charge >= 0.3 is 0 Å². The van der Waals surface area contributed by atoms with Gasteiger partial charge in [-0.15, -0.1) is 0 Å². The molecule has 1 fully saturated rings. The monoisotopic (exact) mass is 379 g/mol. The fraction of sp³-hybridized carbons (Fsp3) is 0.417. The van der Waals surface area contributed by atoms with Crippen LogP contribution in [0.3, 0.4) is 0 Å². The lowest BCUT2D eigenvalue weighted by Gasteiger charge is -2.15. The standard InChI is InChI=1S/C12H15BrFN3O3S/c1-6(12(18)16-7-2-3-7)17-21(19,20)11-4-8(13)9(14)5-10(11)15/h4-7,17H,2-3,15H2,1H3,(H,16,18). The Hall–Kier alpha value is -1.19. The van der Waals surface area contributed by atoms with Crippen molar-refractivity contribution in [1.29, 1.82) is 0 Å². The van der Waals surface area contributed by atoms with Crippen LogP contribution in [0.4, 0.5) is 10.1 Å². The zero-order valence-electron chi connectivity index (χ0n) is 11.2. The molecule has 2 rings (SSSR count). The van der Waals surface area contributed by atoms with Crippen LogP contribution >= 0.6 is 15.9 Å². The summed E-state index contributed by atoms with van der Waals surface area (Å²) in [6, 6.07) is 1.17. The van der Waals surface area contributed by atoms with Gasteiger partial charge in [-0.1, -0.05) is 0 Å². The van der Waals surface area contributed by atoms with E-state index in [0.29, 0.717) is 0 Å². The molecule has 4 N–H and O–H groups in total. The SMILES string of the molecule is CC(NS(=O)(=O)c1cc(Br)c(F)cc1N)C(=O)NC1CC1. The molecule has 21 heavy (non-hydrogen) atoms. The number of hydrogen-bond acceptors (Lipinski definition) is 4. The summed E-state index contributed by atoms with van der Waals surface area (Å²) < 4.78 is 39.9. The predicted octanol–water partition coefficient (Wildman–Crippen LogP) is 1.12. The second kappa shape index (κ2) is 5.90. The van der Waals surface area contributed by atoms with Gasteiger partial charge in [-0.05, 0) is 47.8 Å². The Morgan fingerprint density at radius 2 is 2.10 bits per heavy atom. The lowest BCUT2D eigenvalue weighted by atomic mass is 10.3. The number of halogens is 2. The third-order valence-electron chi connectivity index (χ3n) is 2.99. The molecule has 0 radical (unpaired) electrons. The van der Waals surface area contributed by atoms with E-state index in [-0.39, 0.29) is 21.1 Å². The Labute approximate surface area is 130 Å². The fourth-order valence-electron chi connectivity index (χ4n) is 1.68. The van der Waals surface area contributed by atoms with E-state index in [4.69, 9.17) is 5.73 Å². The number of benzene rings is 1. The summed E-state index contributed by atoms with van der Waals surface area (Å²) in [7, 11) is -4.02. The largest absolute Gasteiger partial charge is 0.398 e. The smallest absolute Gasteiger partial charge is 0.243 e. The van der Waals surface area contributed by atoms with Crippen LogP contribution in [0, 0.1) is 5.82 Å². The first-order chi connectivity index (χ1) is 9.70. The van der Waals surface area contributed by atoms with Crippen molar-refractivity contribution < 1.29 is 17.6 Å². The Kier molecular flexibility index (Phi) is 4.54. The van der Waals surface area contributed by atoms with Gasteiger partial charge in [-0.2, -0.15) is 4.72 Å². The van der Waals surface area contributed by atoms with E-state index in [2.05, 4.69) is 26.0 Å². The van der Waals surface area contributed by atoms with Gasteiger partial charge in [0, 0.05) is 6.04 Å². The van der Waals surface area contributed by atoms with Crippen molar-refractivity contribution in [3.63, 3.8) is 0 Å². The minimum Gasteiger partial charge on any atom is -0.398 e. The summed E-state index contributed by atoms with van der Waals surface area (Å²) in [5.41, 5.74) is 5.31. The molecular weight excluding hydrogens is 365 g/mol. The number of carbonyl (C=O) groups is 1. The lowest BCUT2D eigenvalue weighted by molar-refractivity contribution is -0.122. The molecule has 1 aromatic carbocycles. The molecule has 0 aliphatic heterocycles. The molecule has 6 nitrogen and oxygen atoms in total. The van der Waals surface area contributed by atoms with E-state index in [1.807, 2.05) is 0 Å².